The first-order chi connectivity index (χ1) is 18.5. The SMILES string of the molecule is CCCCCCN(C(=O)C(CS)NC(=O)OC(C)(C)C)C(C(=O)Nc1ccc(OC)cc1)c1cccc(O)c1. The molecule has 0 aromatic heterocycles. The Morgan fingerprint density at radius 2 is 1.74 bits per heavy atom. The number of hydrogen-bond donors (Lipinski definition) is 4. The van der Waals surface area contributed by atoms with Gasteiger partial charge in [0.25, 0.3) is 5.91 Å². The van der Waals surface area contributed by atoms with Crippen LogP contribution in [0.25, 0.3) is 0 Å². The molecule has 0 aliphatic carbocycles. The fourth-order valence-electron chi connectivity index (χ4n) is 3.96. The number of alkyl carbamates (subject to hydrolysis) is 1. The molecule has 0 aliphatic rings. The first-order valence-corrected chi connectivity index (χ1v) is 13.8. The maximum atomic E-state index is 13.9. The third-order valence-electron chi connectivity index (χ3n) is 5.81. The van der Waals surface area contributed by atoms with Crippen LogP contribution in [-0.2, 0) is 14.3 Å². The van der Waals surface area contributed by atoms with E-state index in [9.17, 15) is 19.5 Å². The van der Waals surface area contributed by atoms with Crippen molar-refractivity contribution < 1.29 is 29.0 Å². The molecule has 9 nitrogen and oxygen atoms in total. The van der Waals surface area contributed by atoms with Crippen molar-refractivity contribution in [2.75, 3.05) is 24.7 Å². The zero-order valence-electron chi connectivity index (χ0n) is 23.4. The monoisotopic (exact) mass is 559 g/mol. The molecule has 2 unspecified atom stereocenters. The highest BCUT2D eigenvalue weighted by Gasteiger charge is 2.36. The largest absolute Gasteiger partial charge is 0.508 e. The number of benzene rings is 2. The minimum atomic E-state index is -1.09. The highest BCUT2D eigenvalue weighted by Crippen LogP contribution is 2.28. The quantitative estimate of drug-likeness (QED) is 0.195. The zero-order chi connectivity index (χ0) is 29.0. The summed E-state index contributed by atoms with van der Waals surface area (Å²) in [5.74, 6) is -0.354. The summed E-state index contributed by atoms with van der Waals surface area (Å²) < 4.78 is 10.5. The van der Waals surface area contributed by atoms with E-state index >= 15 is 0 Å². The number of phenolic OH excluding ortho intramolecular Hbond substituents is 1. The van der Waals surface area contributed by atoms with Crippen LogP contribution in [0.1, 0.15) is 65.0 Å². The second kappa shape index (κ2) is 15.3. The van der Waals surface area contributed by atoms with Crippen LogP contribution in [-0.4, -0.2) is 59.0 Å². The van der Waals surface area contributed by atoms with Crippen molar-refractivity contribution in [3.63, 3.8) is 0 Å². The van der Waals surface area contributed by atoms with Crippen LogP contribution >= 0.6 is 12.6 Å². The fourth-order valence-corrected chi connectivity index (χ4v) is 4.21. The Morgan fingerprint density at radius 3 is 2.31 bits per heavy atom. The highest BCUT2D eigenvalue weighted by molar-refractivity contribution is 7.80. The van der Waals surface area contributed by atoms with Crippen molar-refractivity contribution in [3.05, 3.63) is 54.1 Å². The lowest BCUT2D eigenvalue weighted by atomic mass is 10.0. The molecular weight excluding hydrogens is 518 g/mol. The third kappa shape index (κ3) is 10.4. The van der Waals surface area contributed by atoms with Gasteiger partial charge < -0.3 is 30.1 Å². The van der Waals surface area contributed by atoms with Crippen molar-refractivity contribution in [2.24, 2.45) is 0 Å². The zero-order valence-corrected chi connectivity index (χ0v) is 24.3. The minimum absolute atomic E-state index is 0.00358. The number of phenols is 1. The molecule has 0 bridgehead atoms. The molecule has 2 rings (SSSR count). The number of nitrogens with one attached hydrogen (secondary N) is 2. The third-order valence-corrected chi connectivity index (χ3v) is 6.18. The Balaban J connectivity index is 2.46. The van der Waals surface area contributed by atoms with Gasteiger partial charge in [-0.3, -0.25) is 9.59 Å². The number of hydrogen-bond acceptors (Lipinski definition) is 7. The maximum absolute atomic E-state index is 13.9. The first-order valence-electron chi connectivity index (χ1n) is 13.1. The summed E-state index contributed by atoms with van der Waals surface area (Å²) in [5.41, 5.74) is 0.193. The van der Waals surface area contributed by atoms with Gasteiger partial charge in [-0.1, -0.05) is 38.3 Å². The van der Waals surface area contributed by atoms with Crippen molar-refractivity contribution in [2.45, 2.75) is 71.1 Å². The Hall–Kier alpha value is -3.40. The van der Waals surface area contributed by atoms with Crippen LogP contribution in [0.2, 0.25) is 0 Å². The Labute approximate surface area is 236 Å². The predicted molar refractivity (Wildman–Crippen MR) is 155 cm³/mol. The van der Waals surface area contributed by atoms with Crippen LogP contribution in [0, 0.1) is 0 Å². The summed E-state index contributed by atoms with van der Waals surface area (Å²) in [5, 5.41) is 15.7. The summed E-state index contributed by atoms with van der Waals surface area (Å²) in [6, 6.07) is 11.0. The van der Waals surface area contributed by atoms with Gasteiger partial charge in [-0.05, 0) is 69.2 Å². The molecule has 0 saturated heterocycles. The van der Waals surface area contributed by atoms with E-state index in [1.54, 1.807) is 64.3 Å². The van der Waals surface area contributed by atoms with Gasteiger partial charge in [-0.15, -0.1) is 0 Å². The summed E-state index contributed by atoms with van der Waals surface area (Å²) in [4.78, 5) is 41.7. The number of carbonyl (C=O) groups excluding carboxylic acids is 3. The summed E-state index contributed by atoms with van der Waals surface area (Å²) in [6.07, 6.45) is 2.73. The van der Waals surface area contributed by atoms with Crippen molar-refractivity contribution in [1.29, 1.82) is 0 Å². The molecule has 39 heavy (non-hydrogen) atoms. The number of rotatable bonds is 13. The molecule has 3 N–H and O–H groups in total. The number of methoxy groups -OCH3 is 1. The van der Waals surface area contributed by atoms with Gasteiger partial charge >= 0.3 is 6.09 Å². The number of carbonyl (C=O) groups is 3. The molecule has 0 saturated carbocycles. The van der Waals surface area contributed by atoms with Gasteiger partial charge in [0.15, 0.2) is 0 Å². The Morgan fingerprint density at radius 1 is 1.05 bits per heavy atom. The first kappa shape index (κ1) is 31.8. The lowest BCUT2D eigenvalue weighted by Crippen LogP contribution is -2.53. The van der Waals surface area contributed by atoms with Crippen LogP contribution in [0.4, 0.5) is 10.5 Å². The number of nitrogens with zero attached hydrogens (tertiary/aromatic N) is 1. The smallest absolute Gasteiger partial charge is 0.408 e. The van der Waals surface area contributed by atoms with Crippen LogP contribution in [0.3, 0.4) is 0 Å². The Bertz CT molecular complexity index is 1090. The molecule has 0 radical (unpaired) electrons. The van der Waals surface area contributed by atoms with Gasteiger partial charge in [-0.25, -0.2) is 4.79 Å². The molecule has 0 aliphatic heterocycles. The lowest BCUT2D eigenvalue weighted by Gasteiger charge is -2.34. The van der Waals surface area contributed by atoms with Gasteiger partial charge in [-0.2, -0.15) is 12.6 Å². The summed E-state index contributed by atoms with van der Waals surface area (Å²) >= 11 is 4.31. The number of anilines is 1. The molecule has 3 amide bonds. The summed E-state index contributed by atoms with van der Waals surface area (Å²) in [7, 11) is 1.55. The molecule has 0 heterocycles. The Kier molecular flexibility index (Phi) is 12.4. The summed E-state index contributed by atoms with van der Waals surface area (Å²) in [6.45, 7) is 7.53. The number of ether oxygens (including phenoxy) is 2. The van der Waals surface area contributed by atoms with Gasteiger partial charge in [0.1, 0.15) is 29.2 Å². The average Bonchev–Trinajstić information content (AvgIpc) is 2.88. The number of aromatic hydroxyl groups is 1. The molecule has 2 atom stereocenters. The maximum Gasteiger partial charge on any atom is 0.408 e. The molecule has 214 valence electrons. The van der Waals surface area contributed by atoms with Gasteiger partial charge in [0.05, 0.1) is 7.11 Å². The van der Waals surface area contributed by atoms with Gasteiger partial charge in [0.2, 0.25) is 5.91 Å². The van der Waals surface area contributed by atoms with E-state index in [0.717, 1.165) is 19.3 Å². The minimum Gasteiger partial charge on any atom is -0.508 e. The normalized spacial score (nSPS) is 12.7. The van der Waals surface area contributed by atoms with E-state index in [1.807, 2.05) is 0 Å². The molecule has 2 aromatic carbocycles. The number of unbranched alkanes of at least 4 members (excludes halogenated alkanes) is 3. The van der Waals surface area contributed by atoms with E-state index in [-0.39, 0.29) is 18.0 Å². The van der Waals surface area contributed by atoms with Crippen LogP contribution in [0.5, 0.6) is 11.5 Å². The fraction of sp³-hybridized carbons (Fsp3) is 0.483. The van der Waals surface area contributed by atoms with E-state index in [1.165, 1.54) is 17.0 Å². The van der Waals surface area contributed by atoms with Crippen LogP contribution in [0.15, 0.2) is 48.5 Å². The van der Waals surface area contributed by atoms with Gasteiger partial charge in [0, 0.05) is 18.0 Å². The topological polar surface area (TPSA) is 117 Å². The van der Waals surface area contributed by atoms with Crippen molar-refractivity contribution in [1.82, 2.24) is 10.2 Å². The second-order valence-electron chi connectivity index (χ2n) is 10.2. The standard InChI is InChI=1S/C29H41N3O6S/c1-6-7-8-9-17-32(27(35)24(19-39)31-28(36)38-29(2,3)4)25(20-11-10-12-22(33)18-20)26(34)30-21-13-15-23(37-5)16-14-21/h10-16,18,24-25,33,39H,6-9,17,19H2,1-5H3,(H,30,34)(H,31,36). The molecule has 10 heteroatoms. The predicted octanol–water partition coefficient (Wildman–Crippen LogP) is 5.31. The van der Waals surface area contributed by atoms with E-state index in [0.29, 0.717) is 23.4 Å². The molecule has 2 aromatic rings. The van der Waals surface area contributed by atoms with Crippen molar-refractivity contribution in [3.8, 4) is 11.5 Å². The lowest BCUT2D eigenvalue weighted by molar-refractivity contribution is -0.140. The van der Waals surface area contributed by atoms with E-state index in [2.05, 4.69) is 30.2 Å². The number of amides is 3. The number of thiol groups is 1. The van der Waals surface area contributed by atoms with Crippen molar-refractivity contribution >= 4 is 36.2 Å². The van der Waals surface area contributed by atoms with E-state index in [4.69, 9.17) is 9.47 Å². The van der Waals surface area contributed by atoms with Crippen LogP contribution < -0.4 is 15.4 Å². The molecular formula is C29H41N3O6S. The molecule has 0 fully saturated rings. The average molecular weight is 560 g/mol. The van der Waals surface area contributed by atoms with E-state index < -0.39 is 35.6 Å². The highest BCUT2D eigenvalue weighted by atomic mass is 32.1. The molecule has 0 spiro atoms. The second-order valence-corrected chi connectivity index (χ2v) is 10.6.